The van der Waals surface area contributed by atoms with Crippen LogP contribution in [0.1, 0.15) is 25.5 Å². The molecule has 2 N–H and O–H groups in total. The maximum Gasteiger partial charge on any atom is 0.162 e. The highest BCUT2D eigenvalue weighted by molar-refractivity contribution is 6.30. The molecule has 0 bridgehead atoms. The average Bonchev–Trinajstić information content (AvgIpc) is 2.09. The summed E-state index contributed by atoms with van der Waals surface area (Å²) in [5, 5.41) is 17.3. The van der Waals surface area contributed by atoms with E-state index in [1.807, 2.05) is 0 Å². The fraction of sp³-hybridized carbons (Fsp3) is 0.444. The van der Waals surface area contributed by atoms with Crippen molar-refractivity contribution in [1.82, 2.24) is 4.73 Å². The average molecular weight is 201 g/mol. The standard InChI is InChI=1S/C9H13ClN2O/c1-2-3-4-8-5-7(10)6-9(11)12(8)13/h5-6,11,13H,2-4H2,1H3. The monoisotopic (exact) mass is 200 g/mol. The quantitative estimate of drug-likeness (QED) is 0.723. The van der Waals surface area contributed by atoms with Gasteiger partial charge in [-0.3, -0.25) is 5.41 Å². The second-order valence-electron chi connectivity index (χ2n) is 2.97. The van der Waals surface area contributed by atoms with Crippen molar-refractivity contribution in [2.45, 2.75) is 26.2 Å². The summed E-state index contributed by atoms with van der Waals surface area (Å²) in [5.41, 5.74) is 0.720. The van der Waals surface area contributed by atoms with E-state index in [2.05, 4.69) is 6.92 Å². The summed E-state index contributed by atoms with van der Waals surface area (Å²) in [6.45, 7) is 2.08. The summed E-state index contributed by atoms with van der Waals surface area (Å²) in [4.78, 5) is 0. The lowest BCUT2D eigenvalue weighted by Crippen LogP contribution is -2.20. The molecule has 0 amide bonds. The Kier molecular flexibility index (Phi) is 3.37. The number of nitrogens with one attached hydrogen (secondary N) is 1. The Morgan fingerprint density at radius 2 is 2.23 bits per heavy atom. The van der Waals surface area contributed by atoms with E-state index in [9.17, 15) is 5.21 Å². The summed E-state index contributed by atoms with van der Waals surface area (Å²) in [5.74, 6) is 0. The number of halogens is 1. The van der Waals surface area contributed by atoms with Crippen molar-refractivity contribution in [2.24, 2.45) is 0 Å². The zero-order valence-corrected chi connectivity index (χ0v) is 8.30. The minimum Gasteiger partial charge on any atom is -0.427 e. The van der Waals surface area contributed by atoms with Gasteiger partial charge >= 0.3 is 0 Å². The van der Waals surface area contributed by atoms with Gasteiger partial charge in [-0.2, -0.15) is 4.73 Å². The van der Waals surface area contributed by atoms with Gasteiger partial charge in [-0.1, -0.05) is 24.9 Å². The van der Waals surface area contributed by atoms with E-state index in [1.54, 1.807) is 6.07 Å². The number of aryl methyl sites for hydroxylation is 1. The minimum absolute atomic E-state index is 0.0265. The fourth-order valence-electron chi connectivity index (χ4n) is 1.14. The van der Waals surface area contributed by atoms with Crippen LogP contribution >= 0.6 is 11.6 Å². The molecule has 0 atom stereocenters. The number of hydrogen-bond donors (Lipinski definition) is 2. The third-order valence-corrected chi connectivity index (χ3v) is 2.08. The Hall–Kier alpha value is -0.960. The van der Waals surface area contributed by atoms with Crippen molar-refractivity contribution in [3.8, 4) is 0 Å². The fourth-order valence-corrected chi connectivity index (χ4v) is 1.37. The van der Waals surface area contributed by atoms with Crippen LogP contribution in [0.15, 0.2) is 12.1 Å². The Morgan fingerprint density at radius 1 is 1.54 bits per heavy atom. The lowest BCUT2D eigenvalue weighted by molar-refractivity contribution is 0.160. The van der Waals surface area contributed by atoms with Crippen LogP contribution in [-0.4, -0.2) is 9.94 Å². The van der Waals surface area contributed by atoms with Crippen molar-refractivity contribution in [3.63, 3.8) is 0 Å². The van der Waals surface area contributed by atoms with Gasteiger partial charge in [0.25, 0.3) is 0 Å². The van der Waals surface area contributed by atoms with Crippen LogP contribution < -0.4 is 5.49 Å². The highest BCUT2D eigenvalue weighted by Crippen LogP contribution is 2.09. The van der Waals surface area contributed by atoms with Gasteiger partial charge in [0.2, 0.25) is 0 Å². The second kappa shape index (κ2) is 4.33. The van der Waals surface area contributed by atoms with Crippen molar-refractivity contribution in [1.29, 1.82) is 5.41 Å². The van der Waals surface area contributed by atoms with E-state index in [1.165, 1.54) is 6.07 Å². The Morgan fingerprint density at radius 3 is 2.85 bits per heavy atom. The molecule has 0 aromatic carbocycles. The molecule has 1 rings (SSSR count). The smallest absolute Gasteiger partial charge is 0.162 e. The normalized spacial score (nSPS) is 10.3. The number of aromatic nitrogens is 1. The summed E-state index contributed by atoms with van der Waals surface area (Å²) in [6.07, 6.45) is 2.79. The summed E-state index contributed by atoms with van der Waals surface area (Å²) in [6, 6.07) is 3.10. The van der Waals surface area contributed by atoms with Gasteiger partial charge in [-0.05, 0) is 18.9 Å². The topological polar surface area (TPSA) is 49.0 Å². The van der Waals surface area contributed by atoms with Gasteiger partial charge in [-0.25, -0.2) is 0 Å². The molecule has 0 saturated carbocycles. The molecule has 13 heavy (non-hydrogen) atoms. The third-order valence-electron chi connectivity index (χ3n) is 1.87. The zero-order chi connectivity index (χ0) is 9.84. The van der Waals surface area contributed by atoms with Crippen LogP contribution in [0, 0.1) is 5.41 Å². The number of rotatable bonds is 3. The van der Waals surface area contributed by atoms with E-state index < -0.39 is 0 Å². The van der Waals surface area contributed by atoms with E-state index in [-0.39, 0.29) is 5.49 Å². The van der Waals surface area contributed by atoms with E-state index in [4.69, 9.17) is 17.0 Å². The minimum atomic E-state index is 0.0265. The predicted octanol–water partition coefficient (Wildman–Crippen LogP) is 2.20. The summed E-state index contributed by atoms with van der Waals surface area (Å²) >= 11 is 5.76. The van der Waals surface area contributed by atoms with Crippen LogP contribution in [-0.2, 0) is 6.42 Å². The highest BCUT2D eigenvalue weighted by atomic mass is 35.5. The van der Waals surface area contributed by atoms with Gasteiger partial charge in [0.05, 0.1) is 5.69 Å². The zero-order valence-electron chi connectivity index (χ0n) is 7.55. The van der Waals surface area contributed by atoms with Crippen molar-refractivity contribution in [2.75, 3.05) is 0 Å². The van der Waals surface area contributed by atoms with Gasteiger partial charge in [0.15, 0.2) is 5.49 Å². The first-order valence-corrected chi connectivity index (χ1v) is 4.68. The van der Waals surface area contributed by atoms with Crippen LogP contribution in [0.4, 0.5) is 0 Å². The lowest BCUT2D eigenvalue weighted by atomic mass is 10.2. The maximum absolute atomic E-state index is 9.42. The van der Waals surface area contributed by atoms with Crippen molar-refractivity contribution >= 4 is 11.6 Å². The molecule has 1 aromatic rings. The molecule has 3 nitrogen and oxygen atoms in total. The van der Waals surface area contributed by atoms with E-state index in [0.29, 0.717) is 10.7 Å². The molecular formula is C9H13ClN2O. The molecule has 72 valence electrons. The lowest BCUT2D eigenvalue weighted by Gasteiger charge is -2.06. The molecule has 1 aromatic heterocycles. The van der Waals surface area contributed by atoms with Crippen LogP contribution in [0.5, 0.6) is 0 Å². The molecule has 0 saturated heterocycles. The van der Waals surface area contributed by atoms with Crippen molar-refractivity contribution in [3.05, 3.63) is 28.3 Å². The summed E-state index contributed by atoms with van der Waals surface area (Å²) in [7, 11) is 0. The number of unbranched alkanes of at least 4 members (excludes halogenated alkanes) is 1. The molecule has 0 aliphatic carbocycles. The first-order chi connectivity index (χ1) is 6.15. The maximum atomic E-state index is 9.42. The van der Waals surface area contributed by atoms with E-state index >= 15 is 0 Å². The third kappa shape index (κ3) is 2.49. The van der Waals surface area contributed by atoms with Crippen LogP contribution in [0.2, 0.25) is 5.02 Å². The highest BCUT2D eigenvalue weighted by Gasteiger charge is 2.01. The molecular weight excluding hydrogens is 188 g/mol. The molecule has 0 aliphatic rings. The SMILES string of the molecule is CCCCc1cc(Cl)cc(=N)n1O. The van der Waals surface area contributed by atoms with E-state index in [0.717, 1.165) is 24.0 Å². The molecule has 0 spiro atoms. The Labute approximate surface area is 82.1 Å². The van der Waals surface area contributed by atoms with Gasteiger partial charge in [0.1, 0.15) is 0 Å². The van der Waals surface area contributed by atoms with Crippen LogP contribution in [0.25, 0.3) is 0 Å². The molecule has 4 heteroatoms. The van der Waals surface area contributed by atoms with Crippen molar-refractivity contribution < 1.29 is 5.21 Å². The van der Waals surface area contributed by atoms with Gasteiger partial charge < -0.3 is 5.21 Å². The molecule has 0 aliphatic heterocycles. The molecule has 0 unspecified atom stereocenters. The van der Waals surface area contributed by atoms with Gasteiger partial charge in [0, 0.05) is 11.1 Å². The predicted molar refractivity (Wildman–Crippen MR) is 51.1 cm³/mol. The first kappa shape index (κ1) is 10.1. The molecule has 0 fully saturated rings. The second-order valence-corrected chi connectivity index (χ2v) is 3.40. The number of nitrogens with zero attached hydrogens (tertiary/aromatic N) is 1. The Bertz CT molecular complexity index is 346. The number of hydrogen-bond acceptors (Lipinski definition) is 2. The molecule has 1 heterocycles. The first-order valence-electron chi connectivity index (χ1n) is 4.30. The summed E-state index contributed by atoms with van der Waals surface area (Å²) < 4.78 is 0.877. The molecule has 0 radical (unpaired) electrons. The van der Waals surface area contributed by atoms with Gasteiger partial charge in [-0.15, -0.1) is 0 Å². The van der Waals surface area contributed by atoms with Crippen LogP contribution in [0.3, 0.4) is 0 Å². The largest absolute Gasteiger partial charge is 0.427 e. The Balaban J connectivity index is 2.99. The number of pyridine rings is 1.